The highest BCUT2D eigenvalue weighted by Gasteiger charge is 2.19. The molecule has 0 aliphatic carbocycles. The van der Waals surface area contributed by atoms with Gasteiger partial charge in [-0.15, -0.1) is 0 Å². The number of hydrogen-bond donors (Lipinski definition) is 4. The number of aromatic amines is 2. The summed E-state index contributed by atoms with van der Waals surface area (Å²) < 4.78 is 0. The molecule has 5 rings (SSSR count). The first kappa shape index (κ1) is 19.1. The van der Waals surface area contributed by atoms with Gasteiger partial charge >= 0.3 is 0 Å². The molecule has 7 nitrogen and oxygen atoms in total. The lowest BCUT2D eigenvalue weighted by Gasteiger charge is -2.09. The number of phenolic OH excluding ortho intramolecular Hbond substituents is 1. The van der Waals surface area contributed by atoms with Crippen molar-refractivity contribution >= 4 is 16.5 Å². The number of benzene rings is 2. The monoisotopic (exact) mass is 410 g/mol. The molecule has 1 atom stereocenters. The summed E-state index contributed by atoms with van der Waals surface area (Å²) in [5.74, 6) is 0.989. The summed E-state index contributed by atoms with van der Waals surface area (Å²) in [7, 11) is 0. The van der Waals surface area contributed by atoms with Gasteiger partial charge in [0.2, 0.25) is 0 Å². The predicted molar refractivity (Wildman–Crippen MR) is 120 cm³/mol. The molecule has 0 bridgehead atoms. The predicted octanol–water partition coefficient (Wildman–Crippen LogP) is 4.16. The molecule has 4 N–H and O–H groups in total. The second kappa shape index (κ2) is 7.74. The number of phenols is 1. The summed E-state index contributed by atoms with van der Waals surface area (Å²) >= 11 is 0. The van der Waals surface area contributed by atoms with Gasteiger partial charge < -0.3 is 15.4 Å². The van der Waals surface area contributed by atoms with Crippen molar-refractivity contribution in [3.8, 4) is 34.5 Å². The zero-order chi connectivity index (χ0) is 21.4. The maximum atomic E-state index is 9.79. The number of fused-ring (bicyclic) bond motifs is 1. The highest BCUT2D eigenvalue weighted by molar-refractivity contribution is 5.94. The fourth-order valence-electron chi connectivity index (χ4n) is 4.14. The minimum Gasteiger partial charge on any atom is -0.508 e. The van der Waals surface area contributed by atoms with Gasteiger partial charge in [0.25, 0.3) is 0 Å². The van der Waals surface area contributed by atoms with Crippen molar-refractivity contribution in [2.75, 3.05) is 6.54 Å². The lowest BCUT2D eigenvalue weighted by atomic mass is 9.97. The average Bonchev–Trinajstić information content (AvgIpc) is 3.52. The molecule has 2 aromatic carbocycles. The van der Waals surface area contributed by atoms with Crippen LogP contribution in [-0.2, 0) is 6.42 Å². The van der Waals surface area contributed by atoms with Crippen molar-refractivity contribution < 1.29 is 5.11 Å². The lowest BCUT2D eigenvalue weighted by Crippen LogP contribution is -2.21. The summed E-state index contributed by atoms with van der Waals surface area (Å²) in [6.07, 6.45) is 5.19. The van der Waals surface area contributed by atoms with Crippen LogP contribution in [0, 0.1) is 11.3 Å². The molecule has 0 fully saturated rings. The summed E-state index contributed by atoms with van der Waals surface area (Å²) in [5, 5.41) is 30.6. The first-order valence-corrected chi connectivity index (χ1v) is 10.3. The van der Waals surface area contributed by atoms with Gasteiger partial charge in [-0.1, -0.05) is 25.1 Å². The van der Waals surface area contributed by atoms with Gasteiger partial charge in [-0.05, 0) is 52.9 Å². The minimum absolute atomic E-state index is 0.0873. The summed E-state index contributed by atoms with van der Waals surface area (Å²) in [5.41, 5.74) is 7.03. The van der Waals surface area contributed by atoms with E-state index >= 15 is 0 Å². The number of aryl methyl sites for hydroxylation is 1. The third-order valence-corrected chi connectivity index (χ3v) is 5.76. The van der Waals surface area contributed by atoms with E-state index in [2.05, 4.69) is 62.8 Å². The molecular weight excluding hydrogens is 388 g/mol. The number of nitrogens with zero attached hydrogens (tertiary/aromatic N) is 3. The van der Waals surface area contributed by atoms with E-state index in [0.29, 0.717) is 18.8 Å². The number of hydrogen-bond acceptors (Lipinski definition) is 5. The number of aromatic hydroxyl groups is 1. The van der Waals surface area contributed by atoms with Crippen molar-refractivity contribution in [3.63, 3.8) is 0 Å². The van der Waals surface area contributed by atoms with Gasteiger partial charge in [-0.3, -0.25) is 5.10 Å². The zero-order valence-corrected chi connectivity index (χ0v) is 17.1. The van der Waals surface area contributed by atoms with Crippen molar-refractivity contribution in [1.82, 2.24) is 25.5 Å². The lowest BCUT2D eigenvalue weighted by molar-refractivity contribution is 0.474. The molecule has 4 aromatic rings. The third-order valence-electron chi connectivity index (χ3n) is 5.76. The van der Waals surface area contributed by atoms with Crippen LogP contribution in [0.25, 0.3) is 39.1 Å². The Morgan fingerprint density at radius 3 is 2.97 bits per heavy atom. The molecule has 0 unspecified atom stereocenters. The van der Waals surface area contributed by atoms with E-state index < -0.39 is 0 Å². The molecular formula is C24H22N6O. The maximum Gasteiger partial charge on any atom is 0.159 e. The van der Waals surface area contributed by atoms with Gasteiger partial charge in [0.1, 0.15) is 11.4 Å². The smallest absolute Gasteiger partial charge is 0.159 e. The number of H-pyrrole nitrogens is 2. The third kappa shape index (κ3) is 3.47. The molecule has 154 valence electrons. The van der Waals surface area contributed by atoms with Crippen LogP contribution in [0.1, 0.15) is 24.6 Å². The Bertz CT molecular complexity index is 1340. The SMILES string of the molecule is CCc1cc(O)ccc1-c1ccc2c(-c3ncc(C4=C[C@H](CC#N)NC4)[nH]3)n[nH]c2c1. The Kier molecular flexibility index (Phi) is 4.77. The van der Waals surface area contributed by atoms with Crippen LogP contribution < -0.4 is 5.32 Å². The van der Waals surface area contributed by atoms with Gasteiger partial charge in [0.15, 0.2) is 5.82 Å². The van der Waals surface area contributed by atoms with Crippen LogP contribution in [0.3, 0.4) is 0 Å². The Balaban J connectivity index is 1.48. The quantitative estimate of drug-likeness (QED) is 0.395. The standard InChI is InChI=1S/C24H22N6O/c1-2-14-10-18(31)4-6-19(14)15-3-5-20-21(11-15)29-30-23(20)24-27-13-22(28-24)16-9-17(7-8-25)26-12-16/h3-6,9-11,13,17,26,31H,2,7,12H2,1H3,(H,27,28)(H,29,30)/t17-/m0/s1. The van der Waals surface area contributed by atoms with E-state index in [1.54, 1.807) is 6.07 Å². The Hall–Kier alpha value is -3.89. The van der Waals surface area contributed by atoms with Crippen LogP contribution in [0.5, 0.6) is 5.75 Å². The van der Waals surface area contributed by atoms with Crippen LogP contribution in [0.2, 0.25) is 0 Å². The summed E-state index contributed by atoms with van der Waals surface area (Å²) in [4.78, 5) is 7.91. The summed E-state index contributed by atoms with van der Waals surface area (Å²) in [6.45, 7) is 2.79. The molecule has 0 saturated carbocycles. The van der Waals surface area contributed by atoms with Crippen LogP contribution >= 0.6 is 0 Å². The first-order chi connectivity index (χ1) is 15.2. The van der Waals surface area contributed by atoms with Crippen LogP contribution in [0.15, 0.2) is 48.7 Å². The van der Waals surface area contributed by atoms with Gasteiger partial charge in [-0.25, -0.2) is 4.98 Å². The van der Waals surface area contributed by atoms with E-state index in [1.165, 1.54) is 0 Å². The number of nitrogens with one attached hydrogen (secondary N) is 3. The van der Waals surface area contributed by atoms with Crippen molar-refractivity contribution in [3.05, 3.63) is 59.9 Å². The van der Waals surface area contributed by atoms with Gasteiger partial charge in [0.05, 0.1) is 29.9 Å². The molecule has 1 aliphatic rings. The van der Waals surface area contributed by atoms with Crippen molar-refractivity contribution in [2.45, 2.75) is 25.8 Å². The number of imidazole rings is 1. The molecule has 31 heavy (non-hydrogen) atoms. The Morgan fingerprint density at radius 2 is 2.13 bits per heavy atom. The average molecular weight is 410 g/mol. The van der Waals surface area contributed by atoms with Crippen molar-refractivity contribution in [1.29, 1.82) is 5.26 Å². The molecule has 0 radical (unpaired) electrons. The molecule has 7 heteroatoms. The number of rotatable bonds is 5. The largest absolute Gasteiger partial charge is 0.508 e. The first-order valence-electron chi connectivity index (χ1n) is 10.3. The molecule has 1 aliphatic heterocycles. The Morgan fingerprint density at radius 1 is 1.23 bits per heavy atom. The maximum absolute atomic E-state index is 9.79. The van der Waals surface area contributed by atoms with E-state index in [-0.39, 0.29) is 11.8 Å². The molecule has 0 saturated heterocycles. The molecule has 0 amide bonds. The molecule has 0 spiro atoms. The zero-order valence-electron chi connectivity index (χ0n) is 17.1. The second-order valence-electron chi connectivity index (χ2n) is 7.71. The van der Waals surface area contributed by atoms with E-state index in [0.717, 1.165) is 51.0 Å². The molecule has 2 aromatic heterocycles. The molecule has 3 heterocycles. The highest BCUT2D eigenvalue weighted by Crippen LogP contribution is 2.32. The van der Waals surface area contributed by atoms with Crippen LogP contribution in [0.4, 0.5) is 0 Å². The van der Waals surface area contributed by atoms with Gasteiger partial charge in [-0.2, -0.15) is 10.4 Å². The van der Waals surface area contributed by atoms with E-state index in [1.807, 2.05) is 18.3 Å². The Labute approximate surface area is 179 Å². The fraction of sp³-hybridized carbons (Fsp3) is 0.208. The highest BCUT2D eigenvalue weighted by atomic mass is 16.3. The minimum atomic E-state index is 0.0873. The summed E-state index contributed by atoms with van der Waals surface area (Å²) in [6, 6.07) is 14.0. The van der Waals surface area contributed by atoms with Crippen molar-refractivity contribution in [2.24, 2.45) is 0 Å². The number of nitriles is 1. The van der Waals surface area contributed by atoms with Crippen LogP contribution in [-0.4, -0.2) is 37.9 Å². The second-order valence-corrected chi connectivity index (χ2v) is 7.71. The van der Waals surface area contributed by atoms with E-state index in [9.17, 15) is 5.11 Å². The fourth-order valence-corrected chi connectivity index (χ4v) is 4.14. The topological polar surface area (TPSA) is 113 Å². The number of aromatic nitrogens is 4. The van der Waals surface area contributed by atoms with Gasteiger partial charge in [0, 0.05) is 18.0 Å². The normalized spacial score (nSPS) is 15.9. The van der Waals surface area contributed by atoms with E-state index in [4.69, 9.17) is 5.26 Å².